The fourth-order valence-corrected chi connectivity index (χ4v) is 3.23. The molecule has 3 aromatic rings. The topological polar surface area (TPSA) is 120 Å². The number of pyridine rings is 1. The van der Waals surface area contributed by atoms with Crippen LogP contribution in [0.2, 0.25) is 0 Å². The molecule has 1 fully saturated rings. The number of ether oxygens (including phenoxy) is 2. The van der Waals surface area contributed by atoms with Gasteiger partial charge in [0.2, 0.25) is 0 Å². The maximum absolute atomic E-state index is 12.3. The van der Waals surface area contributed by atoms with E-state index in [2.05, 4.69) is 10.4 Å². The van der Waals surface area contributed by atoms with Gasteiger partial charge in [0.1, 0.15) is 0 Å². The summed E-state index contributed by atoms with van der Waals surface area (Å²) in [6, 6.07) is 3.45. The summed E-state index contributed by atoms with van der Waals surface area (Å²) in [4.78, 5) is 26.0. The van der Waals surface area contributed by atoms with Crippen molar-refractivity contribution in [2.24, 2.45) is 7.05 Å². The maximum Gasteiger partial charge on any atom is 0.490 e. The number of anilines is 1. The summed E-state index contributed by atoms with van der Waals surface area (Å²) >= 11 is 0. The van der Waals surface area contributed by atoms with Crippen LogP contribution in [0.3, 0.4) is 0 Å². The van der Waals surface area contributed by atoms with E-state index in [1.807, 2.05) is 16.8 Å². The minimum absolute atomic E-state index is 0.267. The van der Waals surface area contributed by atoms with Crippen LogP contribution in [0, 0.1) is 0 Å². The lowest BCUT2D eigenvalue weighted by Gasteiger charge is -2.19. The number of rotatable bonds is 4. The zero-order chi connectivity index (χ0) is 24.2. The van der Waals surface area contributed by atoms with Crippen molar-refractivity contribution in [3.63, 3.8) is 0 Å². The summed E-state index contributed by atoms with van der Waals surface area (Å²) < 4.78 is 46.1. The molecule has 178 valence electrons. The Labute approximate surface area is 185 Å². The Morgan fingerprint density at radius 3 is 2.48 bits per heavy atom. The van der Waals surface area contributed by atoms with E-state index in [0.717, 1.165) is 37.4 Å². The number of aryl methyl sites for hydroxylation is 1. The van der Waals surface area contributed by atoms with Crippen LogP contribution in [0.4, 0.5) is 18.9 Å². The first kappa shape index (κ1) is 24.0. The van der Waals surface area contributed by atoms with E-state index in [-0.39, 0.29) is 5.91 Å². The van der Waals surface area contributed by atoms with Crippen molar-refractivity contribution in [1.29, 1.82) is 0 Å². The first-order valence-electron chi connectivity index (χ1n) is 9.84. The van der Waals surface area contributed by atoms with Crippen molar-refractivity contribution in [2.45, 2.75) is 24.9 Å². The van der Waals surface area contributed by atoms with Crippen LogP contribution in [0.1, 0.15) is 34.9 Å². The third-order valence-electron chi connectivity index (χ3n) is 4.84. The number of carbonyl (C=O) groups is 2. The second-order valence-electron chi connectivity index (χ2n) is 7.21. The molecule has 10 nitrogen and oxygen atoms in total. The van der Waals surface area contributed by atoms with E-state index in [0.29, 0.717) is 23.0 Å². The van der Waals surface area contributed by atoms with E-state index >= 15 is 0 Å². The largest absolute Gasteiger partial charge is 0.493 e. The number of fused-ring (bicyclic) bond motifs is 1. The van der Waals surface area contributed by atoms with E-state index in [4.69, 9.17) is 24.4 Å². The van der Waals surface area contributed by atoms with Crippen LogP contribution in [0.15, 0.2) is 30.7 Å². The number of methoxy groups -OCH3 is 1. The summed E-state index contributed by atoms with van der Waals surface area (Å²) in [5.74, 6) is -2.02. The number of alkyl halides is 3. The lowest BCUT2D eigenvalue weighted by Crippen LogP contribution is -2.21. The van der Waals surface area contributed by atoms with E-state index in [1.165, 1.54) is 0 Å². The Hall–Kier alpha value is -3.61. The smallest absolute Gasteiger partial charge is 0.490 e. The number of amides is 1. The van der Waals surface area contributed by atoms with Gasteiger partial charge in [0.25, 0.3) is 5.91 Å². The summed E-state index contributed by atoms with van der Waals surface area (Å²) in [5, 5.41) is 14.1. The van der Waals surface area contributed by atoms with Crippen molar-refractivity contribution in [3.8, 4) is 5.75 Å². The quantitative estimate of drug-likeness (QED) is 0.603. The Bertz CT molecular complexity index is 1140. The summed E-state index contributed by atoms with van der Waals surface area (Å²) in [7, 11) is 3.37. The molecule has 0 aliphatic carbocycles. The third-order valence-corrected chi connectivity index (χ3v) is 4.84. The molecule has 0 spiro atoms. The van der Waals surface area contributed by atoms with Crippen molar-refractivity contribution in [1.82, 2.24) is 19.2 Å². The molecule has 1 saturated heterocycles. The third kappa shape index (κ3) is 6.00. The van der Waals surface area contributed by atoms with Gasteiger partial charge < -0.3 is 24.3 Å². The monoisotopic (exact) mass is 469 g/mol. The number of carboxylic acid groups (broad SMARTS) is 1. The molecule has 3 aromatic heterocycles. The summed E-state index contributed by atoms with van der Waals surface area (Å²) in [6.45, 7) is 1.53. The lowest BCUT2D eigenvalue weighted by molar-refractivity contribution is -0.192. The van der Waals surface area contributed by atoms with Gasteiger partial charge in [-0.05, 0) is 18.9 Å². The highest BCUT2D eigenvalue weighted by atomic mass is 19.4. The van der Waals surface area contributed by atoms with Gasteiger partial charge in [-0.2, -0.15) is 18.3 Å². The first-order chi connectivity index (χ1) is 15.6. The van der Waals surface area contributed by atoms with Crippen molar-refractivity contribution < 1.29 is 37.3 Å². The van der Waals surface area contributed by atoms with Gasteiger partial charge in [0, 0.05) is 50.8 Å². The Morgan fingerprint density at radius 1 is 1.27 bits per heavy atom. The highest BCUT2D eigenvalue weighted by Gasteiger charge is 2.38. The molecule has 33 heavy (non-hydrogen) atoms. The second kappa shape index (κ2) is 9.90. The lowest BCUT2D eigenvalue weighted by atomic mass is 9.97. The molecule has 0 unspecified atom stereocenters. The highest BCUT2D eigenvalue weighted by Crippen LogP contribution is 2.30. The molecule has 1 amide bonds. The normalized spacial score (nSPS) is 14.5. The number of carbonyl (C=O) groups excluding carboxylic acids is 1. The van der Waals surface area contributed by atoms with Crippen LogP contribution in [0.25, 0.3) is 5.65 Å². The number of nitrogens with one attached hydrogen (secondary N) is 1. The molecule has 0 saturated carbocycles. The van der Waals surface area contributed by atoms with Gasteiger partial charge in [-0.1, -0.05) is 0 Å². The van der Waals surface area contributed by atoms with Gasteiger partial charge in [0.05, 0.1) is 18.5 Å². The van der Waals surface area contributed by atoms with Crippen LogP contribution in [-0.4, -0.2) is 62.6 Å². The number of halogens is 3. The first-order valence-corrected chi connectivity index (χ1v) is 9.84. The minimum atomic E-state index is -5.08. The molecule has 1 aliphatic heterocycles. The Balaban J connectivity index is 0.000000383. The zero-order valence-corrected chi connectivity index (χ0v) is 17.8. The number of aliphatic carboxylic acids is 1. The summed E-state index contributed by atoms with van der Waals surface area (Å²) in [6.07, 6.45) is 2.43. The summed E-state index contributed by atoms with van der Waals surface area (Å²) in [5.41, 5.74) is 2.76. The zero-order valence-electron chi connectivity index (χ0n) is 17.8. The number of carboxylic acids is 1. The average molecular weight is 469 g/mol. The molecule has 13 heteroatoms. The number of imidazole rings is 1. The van der Waals surface area contributed by atoms with Gasteiger partial charge in [0.15, 0.2) is 17.1 Å². The fourth-order valence-electron chi connectivity index (χ4n) is 3.23. The predicted octanol–water partition coefficient (Wildman–Crippen LogP) is 2.86. The standard InChI is InChI=1S/C18H21N5O3.C2HF3O2/c1-22-6-3-14(21-22)18(24)19-13-9-16(25-2)17-20-15(11-23(17)10-13)12-4-7-26-8-5-12;3-2(4,5)1(6)7/h3,6,9-12H,4-5,7-8H2,1-2H3,(H,19,24);(H,6,7). The van der Waals surface area contributed by atoms with Crippen molar-refractivity contribution in [3.05, 3.63) is 42.1 Å². The van der Waals surface area contributed by atoms with E-state index in [1.54, 1.807) is 37.2 Å². The van der Waals surface area contributed by atoms with Crippen LogP contribution in [-0.2, 0) is 16.6 Å². The fraction of sp³-hybridized carbons (Fsp3) is 0.400. The molecule has 0 bridgehead atoms. The SMILES string of the molecule is COc1cc(NC(=O)c2ccn(C)n2)cn2cc(C3CCOCC3)nc12.O=C(O)C(F)(F)F. The molecule has 1 aliphatic rings. The van der Waals surface area contributed by atoms with E-state index in [9.17, 15) is 18.0 Å². The van der Waals surface area contributed by atoms with Crippen LogP contribution >= 0.6 is 0 Å². The molecule has 0 radical (unpaired) electrons. The van der Waals surface area contributed by atoms with Crippen LogP contribution in [0.5, 0.6) is 5.75 Å². The molecular weight excluding hydrogens is 447 g/mol. The second-order valence-corrected chi connectivity index (χ2v) is 7.21. The number of hydrogen-bond donors (Lipinski definition) is 2. The molecule has 2 N–H and O–H groups in total. The number of nitrogens with zero attached hydrogens (tertiary/aromatic N) is 4. The van der Waals surface area contributed by atoms with Crippen molar-refractivity contribution >= 4 is 23.2 Å². The maximum atomic E-state index is 12.3. The molecular formula is C20H22F3N5O5. The number of aromatic nitrogens is 4. The van der Waals surface area contributed by atoms with Gasteiger partial charge in [-0.25, -0.2) is 9.78 Å². The molecule has 0 aromatic carbocycles. The van der Waals surface area contributed by atoms with Crippen molar-refractivity contribution in [2.75, 3.05) is 25.6 Å². The predicted molar refractivity (Wildman–Crippen MR) is 109 cm³/mol. The average Bonchev–Trinajstić information content (AvgIpc) is 3.40. The molecule has 4 heterocycles. The Morgan fingerprint density at radius 2 is 1.94 bits per heavy atom. The number of hydrogen-bond acceptors (Lipinski definition) is 6. The highest BCUT2D eigenvalue weighted by molar-refractivity contribution is 6.02. The van der Waals surface area contributed by atoms with E-state index < -0.39 is 12.1 Å². The molecule has 0 atom stereocenters. The molecule has 4 rings (SSSR count). The van der Waals surface area contributed by atoms with Gasteiger partial charge >= 0.3 is 12.1 Å². The van der Waals surface area contributed by atoms with Crippen LogP contribution < -0.4 is 10.1 Å². The van der Waals surface area contributed by atoms with Gasteiger partial charge in [-0.15, -0.1) is 0 Å². The van der Waals surface area contributed by atoms with Gasteiger partial charge in [-0.3, -0.25) is 9.48 Å². The minimum Gasteiger partial charge on any atom is -0.493 e. The Kier molecular flexibility index (Phi) is 7.21.